The number of urea groups is 1. The smallest absolute Gasteiger partial charge is 0.317 e. The van der Waals surface area contributed by atoms with E-state index in [1.165, 1.54) is 0 Å². The van der Waals surface area contributed by atoms with E-state index >= 15 is 0 Å². The number of nitrogens with two attached hydrogens (primary N) is 1. The fourth-order valence-electron chi connectivity index (χ4n) is 1.71. The monoisotopic (exact) mass is 229 g/mol. The Labute approximate surface area is 97.3 Å². The molecule has 0 spiro atoms. The Hall–Kier alpha value is -0.810. The molecule has 5 heteroatoms. The van der Waals surface area contributed by atoms with Gasteiger partial charge in [-0.25, -0.2) is 4.79 Å². The van der Waals surface area contributed by atoms with E-state index in [0.717, 1.165) is 13.0 Å². The second-order valence-corrected chi connectivity index (χ2v) is 5.23. The third kappa shape index (κ3) is 3.98. The number of carbonyl (C=O) groups excluding carboxylic acids is 1. The Morgan fingerprint density at radius 2 is 2.31 bits per heavy atom. The van der Waals surface area contributed by atoms with Crippen molar-refractivity contribution in [3.8, 4) is 0 Å². The highest BCUT2D eigenvalue weighted by molar-refractivity contribution is 5.74. The number of rotatable bonds is 4. The maximum Gasteiger partial charge on any atom is 0.317 e. The molecule has 1 unspecified atom stereocenters. The normalized spacial score (nSPS) is 20.9. The van der Waals surface area contributed by atoms with Crippen LogP contribution in [-0.2, 0) is 4.74 Å². The summed E-state index contributed by atoms with van der Waals surface area (Å²) in [4.78, 5) is 13.5. The number of amides is 2. The van der Waals surface area contributed by atoms with E-state index < -0.39 is 0 Å². The van der Waals surface area contributed by atoms with Gasteiger partial charge in [0, 0.05) is 20.2 Å². The van der Waals surface area contributed by atoms with Gasteiger partial charge in [0.1, 0.15) is 0 Å². The molecule has 0 aromatic heterocycles. The summed E-state index contributed by atoms with van der Waals surface area (Å²) in [6, 6.07) is 0.118. The fraction of sp³-hybridized carbons (Fsp3) is 0.909. The zero-order chi connectivity index (χ0) is 12.2. The van der Waals surface area contributed by atoms with Gasteiger partial charge >= 0.3 is 6.03 Å². The lowest BCUT2D eigenvalue weighted by molar-refractivity contribution is 0.171. The number of ether oxygens (including phenoxy) is 1. The van der Waals surface area contributed by atoms with Crippen molar-refractivity contribution in [3.05, 3.63) is 0 Å². The zero-order valence-corrected chi connectivity index (χ0v) is 10.5. The first-order chi connectivity index (χ1) is 7.44. The van der Waals surface area contributed by atoms with E-state index in [-0.39, 0.29) is 17.5 Å². The lowest BCUT2D eigenvalue weighted by Gasteiger charge is -2.29. The second-order valence-electron chi connectivity index (χ2n) is 5.23. The Kier molecular flexibility index (Phi) is 4.56. The van der Waals surface area contributed by atoms with Gasteiger partial charge in [-0.2, -0.15) is 0 Å². The Bertz CT molecular complexity index is 237. The molecule has 5 nitrogen and oxygen atoms in total. The van der Waals surface area contributed by atoms with Crippen LogP contribution in [0.25, 0.3) is 0 Å². The highest BCUT2D eigenvalue weighted by atomic mass is 16.5. The molecule has 0 bridgehead atoms. The van der Waals surface area contributed by atoms with Crippen molar-refractivity contribution in [3.63, 3.8) is 0 Å². The van der Waals surface area contributed by atoms with Gasteiger partial charge in [-0.05, 0) is 18.4 Å². The van der Waals surface area contributed by atoms with Gasteiger partial charge in [-0.1, -0.05) is 13.8 Å². The maximum atomic E-state index is 11.8. The molecule has 1 rings (SSSR count). The molecule has 1 aliphatic rings. The van der Waals surface area contributed by atoms with E-state index in [9.17, 15) is 4.79 Å². The molecule has 3 N–H and O–H groups in total. The summed E-state index contributed by atoms with van der Waals surface area (Å²) in [5.74, 6) is 0. The summed E-state index contributed by atoms with van der Waals surface area (Å²) < 4.78 is 5.21. The van der Waals surface area contributed by atoms with Crippen LogP contribution in [-0.4, -0.2) is 50.3 Å². The second kappa shape index (κ2) is 5.50. The summed E-state index contributed by atoms with van der Waals surface area (Å²) in [6.45, 7) is 6.69. The van der Waals surface area contributed by atoms with Crippen LogP contribution < -0.4 is 11.1 Å². The third-order valence-corrected chi connectivity index (χ3v) is 2.82. The topological polar surface area (TPSA) is 67.6 Å². The quantitative estimate of drug-likeness (QED) is 0.733. The first-order valence-corrected chi connectivity index (χ1v) is 5.74. The lowest BCUT2D eigenvalue weighted by atomic mass is 9.93. The number of nitrogens with zero attached hydrogens (tertiary/aromatic N) is 1. The molecule has 2 amide bonds. The van der Waals surface area contributed by atoms with Crippen LogP contribution in [0.3, 0.4) is 0 Å². The van der Waals surface area contributed by atoms with E-state index in [0.29, 0.717) is 19.7 Å². The molecule has 16 heavy (non-hydrogen) atoms. The fourth-order valence-corrected chi connectivity index (χ4v) is 1.71. The van der Waals surface area contributed by atoms with Crippen LogP contribution in [0.5, 0.6) is 0 Å². The van der Waals surface area contributed by atoms with Gasteiger partial charge in [0.2, 0.25) is 0 Å². The molecule has 1 fully saturated rings. The standard InChI is InChI=1S/C11H23N3O2/c1-11(2,7-12)8-14(3)10(15)13-9-4-5-16-6-9/h9H,4-8,12H2,1-3H3,(H,13,15). The maximum absolute atomic E-state index is 11.8. The number of hydrogen-bond acceptors (Lipinski definition) is 3. The summed E-state index contributed by atoms with van der Waals surface area (Å²) in [5.41, 5.74) is 5.60. The van der Waals surface area contributed by atoms with E-state index in [1.807, 2.05) is 0 Å². The molecule has 0 aromatic carbocycles. The van der Waals surface area contributed by atoms with Crippen molar-refractivity contribution >= 4 is 6.03 Å². The molecule has 1 heterocycles. The van der Waals surface area contributed by atoms with Gasteiger partial charge < -0.3 is 20.7 Å². The molecule has 94 valence electrons. The summed E-state index contributed by atoms with van der Waals surface area (Å²) >= 11 is 0. The van der Waals surface area contributed by atoms with Gasteiger partial charge in [0.15, 0.2) is 0 Å². The number of nitrogens with one attached hydrogen (secondary N) is 1. The molecular weight excluding hydrogens is 206 g/mol. The van der Waals surface area contributed by atoms with Crippen LogP contribution in [0.4, 0.5) is 4.79 Å². The Balaban J connectivity index is 2.35. The summed E-state index contributed by atoms with van der Waals surface area (Å²) in [7, 11) is 1.79. The van der Waals surface area contributed by atoms with Crippen molar-refractivity contribution in [2.24, 2.45) is 11.1 Å². The van der Waals surface area contributed by atoms with Gasteiger partial charge in [0.05, 0.1) is 12.6 Å². The first kappa shape index (κ1) is 13.3. The first-order valence-electron chi connectivity index (χ1n) is 5.74. The molecule has 0 aliphatic carbocycles. The minimum atomic E-state index is -0.0444. The van der Waals surface area contributed by atoms with Gasteiger partial charge in [-0.3, -0.25) is 0 Å². The average molecular weight is 229 g/mol. The van der Waals surface area contributed by atoms with Crippen molar-refractivity contribution in [2.75, 3.05) is 33.4 Å². The van der Waals surface area contributed by atoms with Crippen molar-refractivity contribution in [2.45, 2.75) is 26.3 Å². The van der Waals surface area contributed by atoms with Crippen LogP contribution in [0, 0.1) is 5.41 Å². The molecule has 0 aromatic rings. The number of hydrogen-bond donors (Lipinski definition) is 2. The summed E-state index contributed by atoms with van der Waals surface area (Å²) in [5, 5.41) is 2.95. The SMILES string of the molecule is CN(CC(C)(C)CN)C(=O)NC1CCOC1. The van der Waals surface area contributed by atoms with Crippen molar-refractivity contribution in [1.29, 1.82) is 0 Å². The molecule has 1 aliphatic heterocycles. The third-order valence-electron chi connectivity index (χ3n) is 2.82. The lowest BCUT2D eigenvalue weighted by Crippen LogP contribution is -2.47. The minimum Gasteiger partial charge on any atom is -0.379 e. The zero-order valence-electron chi connectivity index (χ0n) is 10.5. The molecule has 0 saturated carbocycles. The molecule has 0 radical (unpaired) electrons. The van der Waals surface area contributed by atoms with Gasteiger partial charge in [0.25, 0.3) is 0 Å². The highest BCUT2D eigenvalue weighted by Gasteiger charge is 2.24. The number of carbonyl (C=O) groups is 1. The van der Waals surface area contributed by atoms with Crippen LogP contribution in [0.15, 0.2) is 0 Å². The van der Waals surface area contributed by atoms with Crippen molar-refractivity contribution < 1.29 is 9.53 Å². The Morgan fingerprint density at radius 3 is 2.81 bits per heavy atom. The van der Waals surface area contributed by atoms with E-state index in [4.69, 9.17) is 10.5 Å². The van der Waals surface area contributed by atoms with Crippen molar-refractivity contribution in [1.82, 2.24) is 10.2 Å². The minimum absolute atomic E-state index is 0.0434. The summed E-state index contributed by atoms with van der Waals surface area (Å²) in [6.07, 6.45) is 0.903. The average Bonchev–Trinajstić information content (AvgIpc) is 2.69. The Morgan fingerprint density at radius 1 is 1.62 bits per heavy atom. The van der Waals surface area contributed by atoms with Crippen LogP contribution >= 0.6 is 0 Å². The van der Waals surface area contributed by atoms with E-state index in [1.54, 1.807) is 11.9 Å². The molecule has 1 atom stereocenters. The predicted molar refractivity (Wildman–Crippen MR) is 63.2 cm³/mol. The molecular formula is C11H23N3O2. The van der Waals surface area contributed by atoms with E-state index in [2.05, 4.69) is 19.2 Å². The predicted octanol–water partition coefficient (Wildman–Crippen LogP) is 0.402. The largest absolute Gasteiger partial charge is 0.379 e. The molecule has 1 saturated heterocycles. The van der Waals surface area contributed by atoms with Crippen LogP contribution in [0.1, 0.15) is 20.3 Å². The highest BCUT2D eigenvalue weighted by Crippen LogP contribution is 2.14. The van der Waals surface area contributed by atoms with Crippen LogP contribution in [0.2, 0.25) is 0 Å². The van der Waals surface area contributed by atoms with Gasteiger partial charge in [-0.15, -0.1) is 0 Å².